The van der Waals surface area contributed by atoms with Crippen molar-refractivity contribution in [2.45, 2.75) is 59.6 Å². The summed E-state index contributed by atoms with van der Waals surface area (Å²) < 4.78 is 25.9. The quantitative estimate of drug-likeness (QED) is 0.322. The number of halogens is 2. The zero-order valence-corrected chi connectivity index (χ0v) is 21.3. The zero-order chi connectivity index (χ0) is 26.3. The lowest BCUT2D eigenvalue weighted by Crippen LogP contribution is -2.54. The third-order valence-electron chi connectivity index (χ3n) is 5.41. The zero-order valence-electron chi connectivity index (χ0n) is 21.3. The molecule has 1 aliphatic rings. The summed E-state index contributed by atoms with van der Waals surface area (Å²) in [5.41, 5.74) is 3.17. The van der Waals surface area contributed by atoms with Gasteiger partial charge in [0, 0.05) is 25.4 Å². The van der Waals surface area contributed by atoms with Gasteiger partial charge >= 0.3 is 0 Å². The van der Waals surface area contributed by atoms with Crippen molar-refractivity contribution in [2.75, 3.05) is 18.6 Å². The Morgan fingerprint density at radius 3 is 1.82 bits per heavy atom. The Labute approximate surface area is 203 Å². The minimum atomic E-state index is -0.553. The predicted molar refractivity (Wildman–Crippen MR) is 138 cm³/mol. The summed E-state index contributed by atoms with van der Waals surface area (Å²) in [5, 5.41) is 25.1. The van der Waals surface area contributed by atoms with E-state index in [4.69, 9.17) is 10.2 Å². The molecule has 2 aromatic rings. The number of aliphatic hydroxyl groups is 3. The fourth-order valence-electron chi connectivity index (χ4n) is 3.22. The average molecular weight is 478 g/mol. The molecule has 190 valence electrons. The summed E-state index contributed by atoms with van der Waals surface area (Å²) in [4.78, 5) is 2.24. The molecule has 34 heavy (non-hydrogen) atoms. The van der Waals surface area contributed by atoms with Gasteiger partial charge in [-0.25, -0.2) is 8.78 Å². The van der Waals surface area contributed by atoms with Crippen LogP contribution < -0.4 is 4.90 Å². The number of rotatable bonds is 5. The molecule has 2 unspecified atom stereocenters. The van der Waals surface area contributed by atoms with E-state index in [0.29, 0.717) is 18.4 Å². The molecule has 0 aliphatic carbocycles. The van der Waals surface area contributed by atoms with Gasteiger partial charge in [-0.2, -0.15) is 0 Å². The van der Waals surface area contributed by atoms with Crippen molar-refractivity contribution in [3.63, 3.8) is 0 Å². The van der Waals surface area contributed by atoms with Crippen molar-refractivity contribution in [1.29, 1.82) is 0 Å². The van der Waals surface area contributed by atoms with E-state index in [0.717, 1.165) is 31.3 Å². The summed E-state index contributed by atoms with van der Waals surface area (Å²) in [6, 6.07) is 13.0. The fourth-order valence-corrected chi connectivity index (χ4v) is 3.22. The molecule has 1 fully saturated rings. The lowest BCUT2D eigenvalue weighted by Gasteiger charge is -2.48. The SMILES string of the molecule is C=C(C)O.CC1[C@@H](CCC(O)c2ccc(F)cc2)CN1c1ccc(F)cc1.CC=C(C)C.CO. The van der Waals surface area contributed by atoms with Gasteiger partial charge in [0.2, 0.25) is 0 Å². The molecule has 3 N–H and O–H groups in total. The van der Waals surface area contributed by atoms with Crippen molar-refractivity contribution in [3.05, 3.63) is 89.7 Å². The van der Waals surface area contributed by atoms with Crippen LogP contribution >= 0.6 is 0 Å². The van der Waals surface area contributed by atoms with Crippen LogP contribution in [0.3, 0.4) is 0 Å². The van der Waals surface area contributed by atoms with E-state index in [-0.39, 0.29) is 17.4 Å². The maximum absolute atomic E-state index is 13.0. The molecule has 2 aromatic carbocycles. The highest BCUT2D eigenvalue weighted by atomic mass is 19.1. The van der Waals surface area contributed by atoms with Crippen molar-refractivity contribution in [3.8, 4) is 0 Å². The Balaban J connectivity index is 0.000000839. The van der Waals surface area contributed by atoms with Gasteiger partial charge in [0.25, 0.3) is 0 Å². The summed E-state index contributed by atoms with van der Waals surface area (Å²) in [5.74, 6) is 0.166. The molecule has 0 aromatic heterocycles. The summed E-state index contributed by atoms with van der Waals surface area (Å²) in [7, 11) is 1.00. The first-order valence-corrected chi connectivity index (χ1v) is 11.4. The second-order valence-electron chi connectivity index (χ2n) is 8.38. The minimum absolute atomic E-state index is 0.167. The van der Waals surface area contributed by atoms with Gasteiger partial charge in [-0.3, -0.25) is 0 Å². The number of hydrogen-bond donors (Lipinski definition) is 3. The van der Waals surface area contributed by atoms with Crippen molar-refractivity contribution < 1.29 is 24.1 Å². The molecule has 0 amide bonds. The summed E-state index contributed by atoms with van der Waals surface area (Å²) >= 11 is 0. The number of hydrogen-bond acceptors (Lipinski definition) is 4. The molecular weight excluding hydrogens is 436 g/mol. The molecule has 0 bridgehead atoms. The molecule has 1 aliphatic heterocycles. The van der Waals surface area contributed by atoms with E-state index in [9.17, 15) is 13.9 Å². The van der Waals surface area contributed by atoms with Crippen molar-refractivity contribution in [1.82, 2.24) is 0 Å². The monoisotopic (exact) mass is 477 g/mol. The third-order valence-corrected chi connectivity index (χ3v) is 5.41. The number of anilines is 1. The molecule has 0 spiro atoms. The van der Waals surface area contributed by atoms with Gasteiger partial charge in [0.15, 0.2) is 0 Å². The van der Waals surface area contributed by atoms with E-state index in [1.54, 1.807) is 24.3 Å². The van der Waals surface area contributed by atoms with Gasteiger partial charge in [-0.05, 0) is 95.3 Å². The number of nitrogens with zero attached hydrogens (tertiary/aromatic N) is 1. The highest BCUT2D eigenvalue weighted by Crippen LogP contribution is 2.35. The standard InChI is InChI=1S/C19H21F2NO.C5H10.C3H6O.CH4O/c1-13-15(12-22(13)18-9-7-17(21)8-10-18)4-11-19(23)14-2-5-16(20)6-3-14;1-4-5(2)3;1-3(2)4;1-2/h2-3,5-10,13,15,19,23H,4,11-12H2,1H3;4H,1-3H3;4H,1H2,2H3;2H,1H3/t13?,15-,19?;;;/m0.../s1. The van der Waals surface area contributed by atoms with E-state index in [1.165, 1.54) is 36.8 Å². The van der Waals surface area contributed by atoms with Crippen LogP contribution in [-0.4, -0.2) is 35.0 Å². The lowest BCUT2D eigenvalue weighted by atomic mass is 9.84. The lowest BCUT2D eigenvalue weighted by molar-refractivity contribution is 0.146. The maximum atomic E-state index is 13.0. The summed E-state index contributed by atoms with van der Waals surface area (Å²) in [6.45, 7) is 13.9. The van der Waals surface area contributed by atoms with Gasteiger partial charge in [-0.1, -0.05) is 30.4 Å². The highest BCUT2D eigenvalue weighted by Gasteiger charge is 2.35. The first-order chi connectivity index (χ1) is 16.0. The Hall–Kier alpha value is -2.70. The minimum Gasteiger partial charge on any atom is -0.513 e. The second-order valence-corrected chi connectivity index (χ2v) is 8.38. The Kier molecular flexibility index (Phi) is 15.5. The van der Waals surface area contributed by atoms with Crippen LogP contribution in [0.15, 0.2) is 72.5 Å². The molecule has 0 radical (unpaired) electrons. The first kappa shape index (κ1) is 31.3. The fraction of sp³-hybridized carbons (Fsp3) is 0.429. The van der Waals surface area contributed by atoms with Crippen LogP contribution in [0, 0.1) is 17.6 Å². The molecule has 3 rings (SSSR count). The molecule has 1 saturated heterocycles. The molecule has 3 atom stereocenters. The Bertz CT molecular complexity index is 843. The van der Waals surface area contributed by atoms with Crippen LogP contribution in [0.5, 0.6) is 0 Å². The Morgan fingerprint density at radius 1 is 1.03 bits per heavy atom. The Morgan fingerprint density at radius 2 is 1.44 bits per heavy atom. The molecule has 1 heterocycles. The number of allylic oxidation sites excluding steroid dienone is 3. The smallest absolute Gasteiger partial charge is 0.123 e. The van der Waals surface area contributed by atoms with E-state index >= 15 is 0 Å². The number of benzene rings is 2. The first-order valence-electron chi connectivity index (χ1n) is 11.4. The van der Waals surface area contributed by atoms with E-state index in [1.807, 2.05) is 6.92 Å². The normalized spacial score (nSPS) is 16.7. The van der Waals surface area contributed by atoms with Crippen LogP contribution in [0.1, 0.15) is 59.1 Å². The topological polar surface area (TPSA) is 63.9 Å². The van der Waals surface area contributed by atoms with Crippen molar-refractivity contribution >= 4 is 5.69 Å². The van der Waals surface area contributed by atoms with Gasteiger partial charge in [0.05, 0.1) is 11.9 Å². The van der Waals surface area contributed by atoms with Crippen LogP contribution in [0.4, 0.5) is 14.5 Å². The van der Waals surface area contributed by atoms with Gasteiger partial charge in [0.1, 0.15) is 11.6 Å². The van der Waals surface area contributed by atoms with Gasteiger partial charge < -0.3 is 20.2 Å². The van der Waals surface area contributed by atoms with E-state index in [2.05, 4.69) is 38.3 Å². The summed E-state index contributed by atoms with van der Waals surface area (Å²) in [6.07, 6.45) is 3.11. The third kappa shape index (κ3) is 12.0. The number of aliphatic hydroxyl groups excluding tert-OH is 3. The van der Waals surface area contributed by atoms with Gasteiger partial charge in [-0.15, -0.1) is 0 Å². The molecule has 0 saturated carbocycles. The molecular formula is C28H41F2NO3. The maximum Gasteiger partial charge on any atom is 0.123 e. The molecule has 6 heteroatoms. The molecule has 4 nitrogen and oxygen atoms in total. The van der Waals surface area contributed by atoms with Crippen LogP contribution in [0.2, 0.25) is 0 Å². The largest absolute Gasteiger partial charge is 0.513 e. The van der Waals surface area contributed by atoms with Crippen molar-refractivity contribution in [2.24, 2.45) is 5.92 Å². The van der Waals surface area contributed by atoms with Crippen LogP contribution in [0.25, 0.3) is 0 Å². The second kappa shape index (κ2) is 16.8. The van der Waals surface area contributed by atoms with Crippen LogP contribution in [-0.2, 0) is 0 Å². The highest BCUT2D eigenvalue weighted by molar-refractivity contribution is 5.50. The van der Waals surface area contributed by atoms with E-state index < -0.39 is 6.10 Å². The average Bonchev–Trinajstić information content (AvgIpc) is 2.81. The predicted octanol–water partition coefficient (Wildman–Crippen LogP) is 6.96.